The smallest absolute Gasteiger partial charge is 0.408 e. The highest BCUT2D eigenvalue weighted by Gasteiger charge is 2.31. The number of Topliss-reactive ketones (excluding diaryl/α,β-unsaturated/α-hetero) is 1. The first-order chi connectivity index (χ1) is 25.2. The molecule has 2 amide bonds. The van der Waals surface area contributed by atoms with E-state index in [0.29, 0.717) is 51.8 Å². The Hall–Kier alpha value is -4.58. The summed E-state index contributed by atoms with van der Waals surface area (Å²) in [5, 5.41) is 11.0. The lowest BCUT2D eigenvalue weighted by atomic mass is 9.97. The van der Waals surface area contributed by atoms with E-state index in [1.807, 2.05) is 45.2 Å². The van der Waals surface area contributed by atoms with Crippen LogP contribution in [0.2, 0.25) is 0 Å². The lowest BCUT2D eigenvalue weighted by Crippen LogP contribution is -2.55. The van der Waals surface area contributed by atoms with Crippen LogP contribution in [0.5, 0.6) is 0 Å². The van der Waals surface area contributed by atoms with E-state index in [0.717, 1.165) is 45.6 Å². The van der Waals surface area contributed by atoms with Gasteiger partial charge in [0, 0.05) is 73.5 Å². The minimum atomic E-state index is -0.877. The van der Waals surface area contributed by atoms with Crippen molar-refractivity contribution >= 4 is 56.1 Å². The van der Waals surface area contributed by atoms with E-state index in [2.05, 4.69) is 43.2 Å². The number of piperazine rings is 1. The van der Waals surface area contributed by atoms with Gasteiger partial charge in [-0.25, -0.2) is 14.8 Å². The maximum atomic E-state index is 13.8. The first kappa shape index (κ1) is 38.2. The van der Waals surface area contributed by atoms with Gasteiger partial charge in [0.1, 0.15) is 17.4 Å². The number of aromatic nitrogens is 4. The number of morpholine rings is 1. The van der Waals surface area contributed by atoms with Gasteiger partial charge in [-0.2, -0.15) is 5.10 Å². The van der Waals surface area contributed by atoms with E-state index in [-0.39, 0.29) is 36.4 Å². The standard InChI is InChI=1S/C39H50N8O5S/c1-38(2,3)14-8-9-26(48)12-13-31(42-37(50)52-39(4,5)6)36(49)47-17-15-45(16-18-47)25-27-23-32-33(53-27)35(46-19-21-51-22-20-46)43-34(41-32)28-10-7-11-30-29(28)24-40-44-30/h7,10-11,23-24,31H,9,12-13,15-22,25H2,1-6H3,(H,40,44)(H,42,50)/t31-/m0/s1. The topological polar surface area (TPSA) is 146 Å². The highest BCUT2D eigenvalue weighted by molar-refractivity contribution is 7.19. The van der Waals surface area contributed by atoms with Gasteiger partial charge in [-0.05, 0) is 60.1 Å². The Kier molecular flexibility index (Phi) is 11.7. The number of H-pyrrole nitrogens is 1. The van der Waals surface area contributed by atoms with Gasteiger partial charge in [0.15, 0.2) is 11.6 Å². The number of amides is 2. The van der Waals surface area contributed by atoms with Crippen molar-refractivity contribution < 1.29 is 23.9 Å². The number of thiophene rings is 1. The zero-order valence-corrected chi connectivity index (χ0v) is 32.4. The minimum Gasteiger partial charge on any atom is -0.444 e. The van der Waals surface area contributed by atoms with E-state index < -0.39 is 17.7 Å². The number of rotatable bonds is 10. The van der Waals surface area contributed by atoms with Crippen LogP contribution in [-0.2, 0) is 25.6 Å². The quantitative estimate of drug-likeness (QED) is 0.203. The number of carbonyl (C=O) groups excluding carboxylic acids is 3. The molecule has 5 heterocycles. The predicted octanol–water partition coefficient (Wildman–Crippen LogP) is 5.40. The summed E-state index contributed by atoms with van der Waals surface area (Å²) in [6.45, 7) is 17.1. The van der Waals surface area contributed by atoms with Gasteiger partial charge in [0.25, 0.3) is 0 Å². The number of ether oxygens (including phenoxy) is 2. The number of nitrogens with zero attached hydrogens (tertiary/aromatic N) is 6. The summed E-state index contributed by atoms with van der Waals surface area (Å²) in [5.41, 5.74) is 1.85. The van der Waals surface area contributed by atoms with Crippen molar-refractivity contribution in [1.29, 1.82) is 0 Å². The molecule has 3 aromatic heterocycles. The van der Waals surface area contributed by atoms with Crippen LogP contribution in [0.1, 0.15) is 65.7 Å². The second-order valence-electron chi connectivity index (χ2n) is 15.6. The highest BCUT2D eigenvalue weighted by atomic mass is 32.1. The number of hydrogen-bond acceptors (Lipinski definition) is 11. The summed E-state index contributed by atoms with van der Waals surface area (Å²) in [7, 11) is 0. The third-order valence-electron chi connectivity index (χ3n) is 8.95. The maximum absolute atomic E-state index is 13.8. The Morgan fingerprint density at radius 2 is 1.79 bits per heavy atom. The van der Waals surface area contributed by atoms with Gasteiger partial charge in [-0.1, -0.05) is 24.0 Å². The molecular weight excluding hydrogens is 693 g/mol. The zero-order valence-electron chi connectivity index (χ0n) is 31.6. The molecule has 0 saturated carbocycles. The van der Waals surface area contributed by atoms with Crippen LogP contribution < -0.4 is 10.2 Å². The van der Waals surface area contributed by atoms with Crippen LogP contribution in [-0.4, -0.2) is 112 Å². The van der Waals surface area contributed by atoms with Crippen LogP contribution in [0.4, 0.5) is 10.6 Å². The number of hydrogen-bond donors (Lipinski definition) is 2. The molecule has 1 atom stereocenters. The van der Waals surface area contributed by atoms with Crippen LogP contribution in [0.25, 0.3) is 32.5 Å². The molecule has 2 aliphatic rings. The predicted molar refractivity (Wildman–Crippen MR) is 207 cm³/mol. The molecule has 0 aliphatic carbocycles. The van der Waals surface area contributed by atoms with E-state index in [1.54, 1.807) is 37.0 Å². The van der Waals surface area contributed by atoms with Gasteiger partial charge >= 0.3 is 6.09 Å². The molecule has 0 radical (unpaired) electrons. The number of nitrogens with one attached hydrogen (secondary N) is 2. The van der Waals surface area contributed by atoms with Crippen molar-refractivity contribution in [3.05, 3.63) is 35.3 Å². The molecule has 2 aliphatic heterocycles. The average Bonchev–Trinajstić information content (AvgIpc) is 3.75. The summed E-state index contributed by atoms with van der Waals surface area (Å²) < 4.78 is 12.2. The van der Waals surface area contributed by atoms with Crippen LogP contribution in [0, 0.1) is 17.3 Å². The molecule has 1 aromatic carbocycles. The SMILES string of the molecule is CC(C)(C)C#CCC(=O)CC[C@H](NC(=O)OC(C)(C)C)C(=O)N1CCN(Cc2cc3nc(-c4cccc5[nH]ncc45)nc(N4CCOCC4)c3s2)CC1. The highest BCUT2D eigenvalue weighted by Crippen LogP contribution is 2.36. The molecule has 13 nitrogen and oxygen atoms in total. The fourth-order valence-corrected chi connectivity index (χ4v) is 7.55. The summed E-state index contributed by atoms with van der Waals surface area (Å²) in [6, 6.07) is 7.29. The molecule has 0 bridgehead atoms. The molecular formula is C39H50N8O5S. The lowest BCUT2D eigenvalue weighted by molar-refractivity contribution is -0.135. The van der Waals surface area contributed by atoms with Gasteiger partial charge < -0.3 is 24.6 Å². The van der Waals surface area contributed by atoms with E-state index in [4.69, 9.17) is 19.4 Å². The zero-order chi connectivity index (χ0) is 37.8. The largest absolute Gasteiger partial charge is 0.444 e. The summed E-state index contributed by atoms with van der Waals surface area (Å²) in [4.78, 5) is 57.0. The minimum absolute atomic E-state index is 0.0641. The number of anilines is 1. The molecule has 14 heteroatoms. The van der Waals surface area contributed by atoms with Crippen molar-refractivity contribution in [1.82, 2.24) is 35.3 Å². The second-order valence-corrected chi connectivity index (χ2v) is 16.8. The first-order valence-electron chi connectivity index (χ1n) is 18.3. The average molecular weight is 743 g/mol. The van der Waals surface area contributed by atoms with Crippen molar-refractivity contribution in [3.8, 4) is 23.2 Å². The summed E-state index contributed by atoms with van der Waals surface area (Å²) >= 11 is 1.71. The molecule has 2 saturated heterocycles. The van der Waals surface area contributed by atoms with Crippen molar-refractivity contribution in [3.63, 3.8) is 0 Å². The van der Waals surface area contributed by atoms with Gasteiger partial charge in [-0.3, -0.25) is 19.6 Å². The Bertz CT molecular complexity index is 2000. The lowest BCUT2D eigenvalue weighted by Gasteiger charge is -2.36. The van der Waals surface area contributed by atoms with Gasteiger partial charge in [-0.15, -0.1) is 11.3 Å². The molecule has 2 N–H and O–H groups in total. The van der Waals surface area contributed by atoms with E-state index >= 15 is 0 Å². The summed E-state index contributed by atoms with van der Waals surface area (Å²) in [5.74, 6) is 7.34. The molecule has 282 valence electrons. The van der Waals surface area contributed by atoms with Crippen molar-refractivity contribution in [2.24, 2.45) is 5.41 Å². The Balaban J connectivity index is 1.14. The fraction of sp³-hybridized carbons (Fsp3) is 0.538. The molecule has 2 fully saturated rings. The first-order valence-corrected chi connectivity index (χ1v) is 19.1. The summed E-state index contributed by atoms with van der Waals surface area (Å²) in [6.07, 6.45) is 1.56. The third kappa shape index (κ3) is 10.1. The third-order valence-corrected chi connectivity index (χ3v) is 10.1. The number of ketones is 1. The number of alkyl carbamates (subject to hydrolysis) is 1. The molecule has 53 heavy (non-hydrogen) atoms. The molecule has 4 aromatic rings. The number of aromatic amines is 1. The van der Waals surface area contributed by atoms with E-state index in [9.17, 15) is 14.4 Å². The molecule has 6 rings (SSSR count). The number of fused-ring (bicyclic) bond motifs is 2. The van der Waals surface area contributed by atoms with Gasteiger partial charge in [0.05, 0.1) is 41.6 Å². The maximum Gasteiger partial charge on any atom is 0.408 e. The van der Waals surface area contributed by atoms with Crippen LogP contribution >= 0.6 is 11.3 Å². The number of carbonyl (C=O) groups is 3. The number of benzene rings is 1. The van der Waals surface area contributed by atoms with E-state index in [1.165, 1.54) is 4.88 Å². The monoisotopic (exact) mass is 742 g/mol. The van der Waals surface area contributed by atoms with Crippen molar-refractivity contribution in [2.75, 3.05) is 57.4 Å². The van der Waals surface area contributed by atoms with Crippen LogP contribution in [0.15, 0.2) is 30.5 Å². The Morgan fingerprint density at radius 3 is 2.51 bits per heavy atom. The van der Waals surface area contributed by atoms with Gasteiger partial charge in [0.2, 0.25) is 5.91 Å². The second kappa shape index (κ2) is 16.2. The molecule has 0 spiro atoms. The Morgan fingerprint density at radius 1 is 1.04 bits per heavy atom. The van der Waals surface area contributed by atoms with Crippen LogP contribution in [0.3, 0.4) is 0 Å². The normalized spacial score (nSPS) is 16.3. The fourth-order valence-electron chi connectivity index (χ4n) is 6.39. The molecule has 0 unspecified atom stereocenters. The van der Waals surface area contributed by atoms with Crippen molar-refractivity contribution in [2.45, 2.75) is 79.0 Å². The Labute approximate surface area is 314 Å².